The second kappa shape index (κ2) is 6.42. The molecule has 2 aliphatic heterocycles. The van der Waals surface area contributed by atoms with E-state index in [1.54, 1.807) is 18.2 Å². The molecule has 2 heterocycles. The number of hydrogen-bond donors (Lipinski definition) is 0. The molecule has 0 aliphatic carbocycles. The zero-order chi connectivity index (χ0) is 19.2. The van der Waals surface area contributed by atoms with Gasteiger partial charge in [0.2, 0.25) is 0 Å². The first-order chi connectivity index (χ1) is 12.9. The quantitative estimate of drug-likeness (QED) is 0.756. The van der Waals surface area contributed by atoms with Gasteiger partial charge in [0, 0.05) is 24.2 Å². The molecule has 1 spiro atoms. The molecule has 4 rings (SSSR count). The predicted molar refractivity (Wildman–Crippen MR) is 99.1 cm³/mol. The number of carbonyl (C=O) groups is 1. The van der Waals surface area contributed by atoms with Gasteiger partial charge in [0.1, 0.15) is 12.1 Å². The summed E-state index contributed by atoms with van der Waals surface area (Å²) in [6.07, 6.45) is 2.13. The molecule has 142 valence electrons. The molecule has 7 heteroatoms. The van der Waals surface area contributed by atoms with E-state index in [0.29, 0.717) is 37.3 Å². The summed E-state index contributed by atoms with van der Waals surface area (Å²) in [5.74, 6) is -0.486. The fourth-order valence-electron chi connectivity index (χ4n) is 4.36. The van der Waals surface area contributed by atoms with Gasteiger partial charge >= 0.3 is 0 Å². The van der Waals surface area contributed by atoms with Crippen molar-refractivity contribution >= 4 is 22.0 Å². The highest BCUT2D eigenvalue weighted by molar-refractivity contribution is 7.92. The molecular formula is C20H20FNO4S. The van der Waals surface area contributed by atoms with Crippen molar-refractivity contribution in [1.29, 1.82) is 0 Å². The highest BCUT2D eigenvalue weighted by Gasteiger charge is 2.53. The molecule has 0 aromatic heterocycles. The van der Waals surface area contributed by atoms with Crippen LogP contribution in [0.2, 0.25) is 0 Å². The zero-order valence-electron chi connectivity index (χ0n) is 14.9. The molecular weight excluding hydrogens is 369 g/mol. The van der Waals surface area contributed by atoms with Crippen molar-refractivity contribution in [3.8, 4) is 0 Å². The first-order valence-electron chi connectivity index (χ1n) is 8.88. The summed E-state index contributed by atoms with van der Waals surface area (Å²) in [6.45, 7) is 2.98. The number of hydrogen-bond acceptors (Lipinski definition) is 4. The fraction of sp³-hybridized carbons (Fsp3) is 0.350. The Morgan fingerprint density at radius 1 is 1.15 bits per heavy atom. The maximum Gasteiger partial charge on any atom is 0.264 e. The molecule has 5 nitrogen and oxygen atoms in total. The lowest BCUT2D eigenvalue weighted by Crippen LogP contribution is -2.48. The van der Waals surface area contributed by atoms with Gasteiger partial charge in [0.05, 0.1) is 16.6 Å². The molecule has 1 fully saturated rings. The van der Waals surface area contributed by atoms with Gasteiger partial charge in [-0.3, -0.25) is 9.10 Å². The van der Waals surface area contributed by atoms with Crippen molar-refractivity contribution in [2.45, 2.75) is 36.1 Å². The van der Waals surface area contributed by atoms with Crippen molar-refractivity contribution in [1.82, 2.24) is 0 Å². The highest BCUT2D eigenvalue weighted by atomic mass is 32.2. The second-order valence-electron chi connectivity index (χ2n) is 7.09. The van der Waals surface area contributed by atoms with Crippen molar-refractivity contribution < 1.29 is 22.3 Å². The van der Waals surface area contributed by atoms with E-state index >= 15 is 0 Å². The van der Waals surface area contributed by atoms with Crippen LogP contribution in [0.5, 0.6) is 0 Å². The van der Waals surface area contributed by atoms with Crippen LogP contribution in [0.15, 0.2) is 47.4 Å². The van der Waals surface area contributed by atoms with Crippen LogP contribution < -0.4 is 4.31 Å². The maximum absolute atomic E-state index is 13.4. The lowest BCUT2D eigenvalue weighted by molar-refractivity contribution is 0.0465. The highest BCUT2D eigenvalue weighted by Crippen LogP contribution is 2.52. The molecule has 0 saturated carbocycles. The largest absolute Gasteiger partial charge is 0.381 e. The normalized spacial score (nSPS) is 21.3. The van der Waals surface area contributed by atoms with Crippen LogP contribution in [0.4, 0.5) is 10.1 Å². The number of aldehydes is 1. The number of benzene rings is 2. The molecule has 2 aliphatic rings. The second-order valence-corrected chi connectivity index (χ2v) is 8.91. The molecule has 0 bridgehead atoms. The van der Waals surface area contributed by atoms with Crippen molar-refractivity contribution in [2.75, 3.05) is 17.5 Å². The Labute approximate surface area is 157 Å². The number of sulfonamides is 1. The molecule has 0 N–H and O–H groups in total. The van der Waals surface area contributed by atoms with Crippen molar-refractivity contribution in [2.24, 2.45) is 0 Å². The maximum atomic E-state index is 13.4. The topological polar surface area (TPSA) is 63.7 Å². The Morgan fingerprint density at radius 2 is 1.81 bits per heavy atom. The number of nitrogens with zero attached hydrogens (tertiary/aromatic N) is 1. The fourth-order valence-corrected chi connectivity index (χ4v) is 6.10. The minimum absolute atomic E-state index is 0.0465. The van der Waals surface area contributed by atoms with Gasteiger partial charge < -0.3 is 4.74 Å². The Kier molecular flexibility index (Phi) is 4.31. The minimum atomic E-state index is -3.88. The third kappa shape index (κ3) is 2.68. The molecule has 1 saturated heterocycles. The Balaban J connectivity index is 1.90. The van der Waals surface area contributed by atoms with Crippen LogP contribution in [0.25, 0.3) is 0 Å². The van der Waals surface area contributed by atoms with E-state index < -0.39 is 21.3 Å². The van der Waals surface area contributed by atoms with Crippen LogP contribution in [-0.4, -0.2) is 34.0 Å². The number of anilines is 1. The first-order valence-corrected chi connectivity index (χ1v) is 10.3. The minimum Gasteiger partial charge on any atom is -0.381 e. The molecule has 0 amide bonds. The summed E-state index contributed by atoms with van der Waals surface area (Å²) in [5, 5.41) is 0. The molecule has 27 heavy (non-hydrogen) atoms. The summed E-state index contributed by atoms with van der Waals surface area (Å²) in [4.78, 5) is 11.3. The van der Waals surface area contributed by atoms with E-state index in [-0.39, 0.29) is 10.9 Å². The van der Waals surface area contributed by atoms with Gasteiger partial charge in [0.15, 0.2) is 0 Å². The average molecular weight is 389 g/mol. The van der Waals surface area contributed by atoms with E-state index in [1.165, 1.54) is 16.4 Å². The Hall–Kier alpha value is -2.25. The van der Waals surface area contributed by atoms with Gasteiger partial charge in [-0.05, 0) is 67.8 Å². The zero-order valence-corrected chi connectivity index (χ0v) is 15.7. The third-order valence-electron chi connectivity index (χ3n) is 5.84. The number of carbonyl (C=O) groups excluding carboxylic acids is 1. The summed E-state index contributed by atoms with van der Waals surface area (Å²) in [7, 11) is -3.88. The van der Waals surface area contributed by atoms with Crippen LogP contribution >= 0.6 is 0 Å². The average Bonchev–Trinajstić information content (AvgIpc) is 2.91. The lowest BCUT2D eigenvalue weighted by atomic mass is 9.71. The van der Waals surface area contributed by atoms with Gasteiger partial charge in [0.25, 0.3) is 10.0 Å². The van der Waals surface area contributed by atoms with Crippen LogP contribution in [0, 0.1) is 5.82 Å². The molecule has 2 aromatic rings. The Morgan fingerprint density at radius 3 is 2.44 bits per heavy atom. The van der Waals surface area contributed by atoms with E-state index in [4.69, 9.17) is 4.74 Å². The summed E-state index contributed by atoms with van der Waals surface area (Å²) in [5.41, 5.74) is 1.57. The van der Waals surface area contributed by atoms with E-state index in [9.17, 15) is 17.6 Å². The molecule has 0 radical (unpaired) electrons. The first kappa shape index (κ1) is 18.1. The lowest BCUT2D eigenvalue weighted by Gasteiger charge is -2.39. The van der Waals surface area contributed by atoms with E-state index in [2.05, 4.69) is 0 Å². The van der Waals surface area contributed by atoms with Crippen LogP contribution in [-0.2, 0) is 20.2 Å². The van der Waals surface area contributed by atoms with Crippen LogP contribution in [0.1, 0.15) is 35.7 Å². The predicted octanol–water partition coefficient (Wildman–Crippen LogP) is 3.28. The number of ether oxygens (including phenoxy) is 1. The molecule has 1 atom stereocenters. The van der Waals surface area contributed by atoms with Crippen LogP contribution in [0.3, 0.4) is 0 Å². The van der Waals surface area contributed by atoms with E-state index in [0.717, 1.165) is 24.0 Å². The summed E-state index contributed by atoms with van der Waals surface area (Å²) < 4.78 is 47.0. The standard InChI is InChI=1S/C20H20FNO4S/c1-14-20(8-10-26-11-9-20)18-12-15(13-23)2-7-19(18)22(14)27(24,25)17-5-3-16(21)4-6-17/h2-7,12-14H,8-11H2,1H3. The Bertz CT molecular complexity index is 982. The molecule has 2 aromatic carbocycles. The smallest absolute Gasteiger partial charge is 0.264 e. The van der Waals surface area contributed by atoms with E-state index in [1.807, 2.05) is 6.92 Å². The SMILES string of the molecule is CC1N(S(=O)(=O)c2ccc(F)cc2)c2ccc(C=O)cc2C12CCOCC2. The summed E-state index contributed by atoms with van der Waals surface area (Å²) >= 11 is 0. The van der Waals surface area contributed by atoms with Crippen molar-refractivity contribution in [3.63, 3.8) is 0 Å². The van der Waals surface area contributed by atoms with Gasteiger partial charge in [-0.25, -0.2) is 12.8 Å². The number of halogens is 1. The van der Waals surface area contributed by atoms with Gasteiger partial charge in [-0.2, -0.15) is 0 Å². The number of rotatable bonds is 3. The monoisotopic (exact) mass is 389 g/mol. The van der Waals surface area contributed by atoms with Gasteiger partial charge in [-0.15, -0.1) is 0 Å². The third-order valence-corrected chi connectivity index (χ3v) is 7.74. The van der Waals surface area contributed by atoms with Crippen molar-refractivity contribution in [3.05, 3.63) is 59.4 Å². The van der Waals surface area contributed by atoms with Gasteiger partial charge in [-0.1, -0.05) is 0 Å². The summed E-state index contributed by atoms with van der Waals surface area (Å²) in [6, 6.07) is 9.64. The molecule has 1 unspecified atom stereocenters. The number of fused-ring (bicyclic) bond motifs is 2.